The summed E-state index contributed by atoms with van der Waals surface area (Å²) in [5, 5.41) is 0. The Labute approximate surface area is 55.2 Å². The van der Waals surface area contributed by atoms with Gasteiger partial charge in [-0.05, 0) is 0 Å². The van der Waals surface area contributed by atoms with E-state index in [1.807, 2.05) is 0 Å². The monoisotopic (exact) mass is 165 g/mol. The second-order valence-electron chi connectivity index (χ2n) is 1.50. The summed E-state index contributed by atoms with van der Waals surface area (Å²) in [7, 11) is 0.120. The average Bonchev–Trinajstić information content (AvgIpc) is 0.811. The van der Waals surface area contributed by atoms with Crippen LogP contribution in [0, 0.1) is 0 Å². The van der Waals surface area contributed by atoms with Gasteiger partial charge in [0.25, 0.3) is 0 Å². The van der Waals surface area contributed by atoms with Crippen LogP contribution in [0.25, 0.3) is 0 Å². The molecule has 0 aliphatic rings. The Morgan fingerprint density at radius 3 is 1.00 bits per heavy atom. The summed E-state index contributed by atoms with van der Waals surface area (Å²) in [4.78, 5) is 0. The van der Waals surface area contributed by atoms with Gasteiger partial charge < -0.3 is 0 Å². The molecular weight excluding hydrogens is 154 g/mol. The number of hydrogen-bond donors (Lipinski definition) is 0. The molecule has 0 bridgehead atoms. The van der Waals surface area contributed by atoms with Crippen molar-refractivity contribution in [2.75, 3.05) is 0 Å². The van der Waals surface area contributed by atoms with Crippen LogP contribution in [0.2, 0.25) is 19.6 Å². The molecule has 0 spiro atoms. The summed E-state index contributed by atoms with van der Waals surface area (Å²) in [5.41, 5.74) is 0. The molecule has 0 aromatic heterocycles. The summed E-state index contributed by atoms with van der Waals surface area (Å²) in [6.07, 6.45) is 0. The molecule has 0 aliphatic heterocycles. The van der Waals surface area contributed by atoms with Crippen LogP contribution in [-0.2, 0) is 16.5 Å². The van der Waals surface area contributed by atoms with E-state index in [1.165, 1.54) is 0 Å². The Hall–Kier alpha value is 1.14. The largest absolute Gasteiger partial charge is 0.153 e. The third-order valence-corrected chi connectivity index (χ3v) is 0. The van der Waals surface area contributed by atoms with Crippen LogP contribution in [0.15, 0.2) is 0 Å². The predicted octanol–water partition coefficient (Wildman–Crippen LogP) is 1.43. The number of hydrogen-bond acceptors (Lipinski definition) is 0. The van der Waals surface area contributed by atoms with E-state index < -0.39 is 0 Å². The van der Waals surface area contributed by atoms with Gasteiger partial charge in [0.15, 0.2) is 0 Å². The third-order valence-electron chi connectivity index (χ3n) is 0. The Bertz CT molecular complexity index is 15.5. The minimum absolute atomic E-state index is 0. The van der Waals surface area contributed by atoms with Crippen molar-refractivity contribution in [2.24, 2.45) is 0 Å². The van der Waals surface area contributed by atoms with Gasteiger partial charge in [-0.15, -0.1) is 0 Å². The molecule has 1 atom stereocenters. The van der Waals surface area contributed by atoms with Gasteiger partial charge in [0.1, 0.15) is 0 Å². The first-order valence-corrected chi connectivity index (χ1v) is 4.50. The van der Waals surface area contributed by atoms with Gasteiger partial charge in [0, 0.05) is 25.3 Å². The fourth-order valence-corrected chi connectivity index (χ4v) is 0. The molecule has 0 aromatic rings. The van der Waals surface area contributed by atoms with Gasteiger partial charge in [-0.2, -0.15) is 9.90 Å². The molecule has 0 rings (SSSR count). The maximum absolute atomic E-state index is 2.27. The van der Waals surface area contributed by atoms with E-state index in [0.717, 1.165) is 0 Å². The van der Waals surface area contributed by atoms with E-state index in [9.17, 15) is 0 Å². The van der Waals surface area contributed by atoms with Crippen LogP contribution in [0.3, 0.4) is 0 Å². The fourth-order valence-electron chi connectivity index (χ4n) is 0. The first-order valence-electron chi connectivity index (χ1n) is 1.50. The second kappa shape index (κ2) is 9.46. The quantitative estimate of drug-likeness (QED) is 0.377. The van der Waals surface area contributed by atoms with Crippen molar-refractivity contribution in [3.8, 4) is 0 Å². The molecule has 3 heteroatoms. The molecule has 0 aliphatic carbocycles. The zero-order valence-corrected chi connectivity index (χ0v) is 7.93. The van der Waals surface area contributed by atoms with Crippen molar-refractivity contribution in [3.05, 3.63) is 0 Å². The molecule has 0 nitrogen and oxygen atoms in total. The molecule has 0 aromatic carbocycles. The van der Waals surface area contributed by atoms with Gasteiger partial charge in [-0.3, -0.25) is 0 Å². The zero-order valence-electron chi connectivity index (χ0n) is 4.52. The van der Waals surface area contributed by atoms with E-state index in [1.54, 1.807) is 0 Å². The van der Waals surface area contributed by atoms with Gasteiger partial charge in [-0.1, -0.05) is 19.6 Å². The smallest absolute Gasteiger partial charge is 0.0379 e. The summed E-state index contributed by atoms with van der Waals surface area (Å²) in [6, 6.07) is 0. The van der Waals surface area contributed by atoms with Crippen molar-refractivity contribution in [1.82, 2.24) is 0 Å². The zero-order chi connectivity index (χ0) is 3.58. The van der Waals surface area contributed by atoms with Gasteiger partial charge in [0.2, 0.25) is 0 Å². The first kappa shape index (κ1) is 15.7. The van der Waals surface area contributed by atoms with Crippen molar-refractivity contribution in [1.29, 1.82) is 0 Å². The molecule has 0 N–H and O–H groups in total. The summed E-state index contributed by atoms with van der Waals surface area (Å²) in [6.45, 7) is 6.81. The maximum atomic E-state index is 2.27. The van der Waals surface area contributed by atoms with Gasteiger partial charge in [-0.25, -0.2) is 0 Å². The summed E-state index contributed by atoms with van der Waals surface area (Å²) < 4.78 is 0. The Morgan fingerprint density at radius 2 is 1.00 bits per heavy atom. The van der Waals surface area contributed by atoms with Crippen molar-refractivity contribution in [3.63, 3.8) is 0 Å². The van der Waals surface area contributed by atoms with Crippen LogP contribution in [0.4, 0.5) is 0 Å². The van der Waals surface area contributed by atoms with Crippen LogP contribution in [0.1, 0.15) is 0 Å². The van der Waals surface area contributed by atoms with E-state index in [-0.39, 0.29) is 35.2 Å². The van der Waals surface area contributed by atoms with E-state index in [4.69, 9.17) is 0 Å². The standard InChI is InChI=1S/C3H9Si.Ni.H3P/c1-4(2)3;;/h1-3H3;;1H3. The van der Waals surface area contributed by atoms with E-state index in [2.05, 4.69) is 19.6 Å². The molecule has 1 radical (unpaired) electrons. The number of rotatable bonds is 0. The van der Waals surface area contributed by atoms with Crippen LogP contribution < -0.4 is 0 Å². The van der Waals surface area contributed by atoms with Crippen LogP contribution >= 0.6 is 9.90 Å². The molecule has 0 fully saturated rings. The van der Waals surface area contributed by atoms with Crippen molar-refractivity contribution in [2.45, 2.75) is 19.6 Å². The summed E-state index contributed by atoms with van der Waals surface area (Å²) >= 11 is 0. The van der Waals surface area contributed by atoms with Crippen LogP contribution in [0.5, 0.6) is 0 Å². The van der Waals surface area contributed by atoms with E-state index >= 15 is 0 Å². The molecule has 6 heavy (non-hydrogen) atoms. The van der Waals surface area contributed by atoms with Gasteiger partial charge >= 0.3 is 0 Å². The Kier molecular flexibility index (Phi) is 24.8. The third kappa shape index (κ3) is 67.8. The fraction of sp³-hybridized carbons (Fsp3) is 1.00. The van der Waals surface area contributed by atoms with Crippen LogP contribution in [-0.4, -0.2) is 8.80 Å². The van der Waals surface area contributed by atoms with Crippen molar-refractivity contribution >= 4 is 18.7 Å². The molecule has 0 saturated heterocycles. The Balaban J connectivity index is -0.0000000450. The SMILES string of the molecule is C[Si](C)C.P.[Ni]. The maximum Gasteiger partial charge on any atom is 0.0379 e. The van der Waals surface area contributed by atoms with Crippen molar-refractivity contribution < 1.29 is 16.5 Å². The van der Waals surface area contributed by atoms with Gasteiger partial charge in [0.05, 0.1) is 0 Å². The molecule has 43 valence electrons. The second-order valence-corrected chi connectivity index (χ2v) is 4.50. The molecular formula is C3H12NiPSi. The molecule has 0 saturated carbocycles. The summed E-state index contributed by atoms with van der Waals surface area (Å²) in [5.74, 6) is 0. The predicted molar refractivity (Wildman–Crippen MR) is 34.5 cm³/mol. The minimum atomic E-state index is 0. The first-order chi connectivity index (χ1) is 1.73. The normalized spacial score (nSPS) is 6.00. The Morgan fingerprint density at radius 1 is 1.00 bits per heavy atom. The molecule has 0 heterocycles. The average molecular weight is 166 g/mol. The minimum Gasteiger partial charge on any atom is -0.153 e. The molecule has 0 amide bonds. The van der Waals surface area contributed by atoms with E-state index in [0.29, 0.717) is 0 Å². The molecule has 1 unspecified atom stereocenters. The topological polar surface area (TPSA) is 0 Å².